The Balaban J connectivity index is 2.19. The first kappa shape index (κ1) is 13.5. The smallest absolute Gasteiger partial charge is 0.222 e. The van der Waals surface area contributed by atoms with Crippen LogP contribution in [0.15, 0.2) is 0 Å². The van der Waals surface area contributed by atoms with Gasteiger partial charge in [-0.25, -0.2) is 0 Å². The fourth-order valence-corrected chi connectivity index (χ4v) is 2.20. The molecule has 4 heteroatoms. The Labute approximate surface area is 97.4 Å². The van der Waals surface area contributed by atoms with Gasteiger partial charge in [-0.15, -0.1) is 0 Å². The van der Waals surface area contributed by atoms with Crippen molar-refractivity contribution in [1.82, 2.24) is 5.32 Å². The molecule has 1 rings (SSSR count). The number of carbonyl (C=O) groups is 1. The van der Waals surface area contributed by atoms with E-state index in [9.17, 15) is 9.90 Å². The average Bonchev–Trinajstić information content (AvgIpc) is 2.76. The Morgan fingerprint density at radius 1 is 1.44 bits per heavy atom. The lowest BCUT2D eigenvalue weighted by atomic mass is 9.87. The van der Waals surface area contributed by atoms with Crippen molar-refractivity contribution in [3.05, 3.63) is 0 Å². The van der Waals surface area contributed by atoms with E-state index in [-0.39, 0.29) is 17.9 Å². The molecule has 16 heavy (non-hydrogen) atoms. The normalized spacial score (nSPS) is 18.6. The molecule has 0 aromatic carbocycles. The highest BCUT2D eigenvalue weighted by molar-refractivity contribution is 5.76. The summed E-state index contributed by atoms with van der Waals surface area (Å²) in [5.74, 6) is 0.0215. The molecule has 2 N–H and O–H groups in total. The van der Waals surface area contributed by atoms with Gasteiger partial charge < -0.3 is 15.2 Å². The van der Waals surface area contributed by atoms with E-state index in [0.717, 1.165) is 25.7 Å². The third-order valence-corrected chi connectivity index (χ3v) is 3.34. The molecule has 0 radical (unpaired) electrons. The van der Waals surface area contributed by atoms with E-state index in [2.05, 4.69) is 5.32 Å². The van der Waals surface area contributed by atoms with E-state index >= 15 is 0 Å². The number of ether oxygens (including phenoxy) is 1. The highest BCUT2D eigenvalue weighted by Gasteiger charge is 2.33. The van der Waals surface area contributed by atoms with Crippen molar-refractivity contribution in [1.29, 1.82) is 0 Å². The molecule has 94 valence electrons. The number of rotatable bonds is 7. The van der Waals surface area contributed by atoms with Gasteiger partial charge in [0.1, 0.15) is 0 Å². The lowest BCUT2D eigenvalue weighted by Crippen LogP contribution is -2.38. The molecule has 1 amide bonds. The van der Waals surface area contributed by atoms with Gasteiger partial charge in [-0.1, -0.05) is 12.8 Å². The fourth-order valence-electron chi connectivity index (χ4n) is 2.20. The molecular formula is C12H23NO3. The third-order valence-electron chi connectivity index (χ3n) is 3.34. The maximum Gasteiger partial charge on any atom is 0.222 e. The van der Waals surface area contributed by atoms with E-state index in [1.165, 1.54) is 0 Å². The third kappa shape index (κ3) is 4.10. The van der Waals surface area contributed by atoms with Crippen LogP contribution in [0.1, 0.15) is 39.0 Å². The number of aliphatic hydroxyl groups is 1. The molecule has 0 heterocycles. The number of aliphatic hydroxyl groups excluding tert-OH is 1. The van der Waals surface area contributed by atoms with E-state index in [0.29, 0.717) is 26.2 Å². The van der Waals surface area contributed by atoms with Crippen molar-refractivity contribution in [3.63, 3.8) is 0 Å². The summed E-state index contributed by atoms with van der Waals surface area (Å²) in [5.41, 5.74) is -0.0543. The molecular weight excluding hydrogens is 206 g/mol. The Morgan fingerprint density at radius 2 is 2.12 bits per heavy atom. The number of hydrogen-bond acceptors (Lipinski definition) is 3. The minimum atomic E-state index is -0.0543. The molecule has 1 aliphatic carbocycles. The molecule has 0 aromatic rings. The summed E-state index contributed by atoms with van der Waals surface area (Å²) >= 11 is 0. The predicted molar refractivity (Wildman–Crippen MR) is 62.1 cm³/mol. The van der Waals surface area contributed by atoms with Gasteiger partial charge in [-0.05, 0) is 19.8 Å². The van der Waals surface area contributed by atoms with Crippen LogP contribution in [-0.2, 0) is 9.53 Å². The second-order valence-corrected chi connectivity index (χ2v) is 4.59. The van der Waals surface area contributed by atoms with Gasteiger partial charge in [-0.2, -0.15) is 0 Å². The summed E-state index contributed by atoms with van der Waals surface area (Å²) in [5, 5.41) is 12.3. The zero-order valence-corrected chi connectivity index (χ0v) is 10.1. The lowest BCUT2D eigenvalue weighted by Gasteiger charge is -2.26. The molecule has 0 saturated heterocycles. The fraction of sp³-hybridized carbons (Fsp3) is 0.917. The van der Waals surface area contributed by atoms with Crippen molar-refractivity contribution >= 4 is 5.91 Å². The minimum Gasteiger partial charge on any atom is -0.396 e. The van der Waals surface area contributed by atoms with Crippen LogP contribution in [0.5, 0.6) is 0 Å². The minimum absolute atomic E-state index is 0.0215. The maximum atomic E-state index is 11.5. The second-order valence-electron chi connectivity index (χ2n) is 4.59. The number of amides is 1. The van der Waals surface area contributed by atoms with Crippen LogP contribution in [0.3, 0.4) is 0 Å². The number of carbonyl (C=O) groups excluding carboxylic acids is 1. The van der Waals surface area contributed by atoms with Gasteiger partial charge in [0.15, 0.2) is 0 Å². The van der Waals surface area contributed by atoms with Crippen LogP contribution in [0.25, 0.3) is 0 Å². The Bertz CT molecular complexity index is 212. The van der Waals surface area contributed by atoms with Crippen LogP contribution in [0.2, 0.25) is 0 Å². The Kier molecular flexibility index (Phi) is 5.77. The van der Waals surface area contributed by atoms with Gasteiger partial charge >= 0.3 is 0 Å². The van der Waals surface area contributed by atoms with Crippen molar-refractivity contribution < 1.29 is 14.6 Å². The van der Waals surface area contributed by atoms with Crippen molar-refractivity contribution in [2.45, 2.75) is 39.0 Å². The first-order chi connectivity index (χ1) is 7.72. The lowest BCUT2D eigenvalue weighted by molar-refractivity contribution is -0.122. The summed E-state index contributed by atoms with van der Waals surface area (Å²) in [4.78, 5) is 11.5. The molecule has 0 unspecified atom stereocenters. The summed E-state index contributed by atoms with van der Waals surface area (Å²) < 4.78 is 5.12. The predicted octanol–water partition coefficient (Wildman–Crippen LogP) is 1.08. The molecule has 1 fully saturated rings. The summed E-state index contributed by atoms with van der Waals surface area (Å²) in [6.45, 7) is 3.83. The molecule has 0 aliphatic heterocycles. The zero-order chi connectivity index (χ0) is 11.9. The van der Waals surface area contributed by atoms with E-state index in [1.54, 1.807) is 0 Å². The first-order valence-corrected chi connectivity index (χ1v) is 6.18. The molecule has 0 atom stereocenters. The zero-order valence-electron chi connectivity index (χ0n) is 10.1. The molecule has 4 nitrogen and oxygen atoms in total. The Morgan fingerprint density at radius 3 is 2.69 bits per heavy atom. The quantitative estimate of drug-likeness (QED) is 0.642. The molecule has 0 aromatic heterocycles. The van der Waals surface area contributed by atoms with Crippen molar-refractivity contribution in [3.8, 4) is 0 Å². The number of hydrogen-bond donors (Lipinski definition) is 2. The van der Waals surface area contributed by atoms with E-state index in [1.807, 2.05) is 6.92 Å². The Hall–Kier alpha value is -0.610. The second kappa shape index (κ2) is 6.86. The van der Waals surface area contributed by atoms with Gasteiger partial charge in [0.2, 0.25) is 5.91 Å². The van der Waals surface area contributed by atoms with Crippen LogP contribution in [0, 0.1) is 5.41 Å². The first-order valence-electron chi connectivity index (χ1n) is 6.18. The van der Waals surface area contributed by atoms with Gasteiger partial charge in [0.25, 0.3) is 0 Å². The van der Waals surface area contributed by atoms with Gasteiger partial charge in [0, 0.05) is 25.0 Å². The number of nitrogens with one attached hydrogen (secondary N) is 1. The average molecular weight is 229 g/mol. The summed E-state index contributed by atoms with van der Waals surface area (Å²) in [6.07, 6.45) is 4.78. The monoisotopic (exact) mass is 229 g/mol. The molecule has 0 bridgehead atoms. The van der Waals surface area contributed by atoms with Crippen LogP contribution >= 0.6 is 0 Å². The van der Waals surface area contributed by atoms with Gasteiger partial charge in [-0.3, -0.25) is 4.79 Å². The maximum absolute atomic E-state index is 11.5. The topological polar surface area (TPSA) is 58.6 Å². The van der Waals surface area contributed by atoms with E-state index < -0.39 is 0 Å². The van der Waals surface area contributed by atoms with Gasteiger partial charge in [0.05, 0.1) is 13.2 Å². The SMILES string of the molecule is CCOCCC(=O)NCC1(CO)CCCC1. The summed E-state index contributed by atoms with van der Waals surface area (Å²) in [7, 11) is 0. The standard InChI is InChI=1S/C12H23NO3/c1-2-16-8-5-11(15)13-9-12(10-14)6-3-4-7-12/h14H,2-10H2,1H3,(H,13,15). The highest BCUT2D eigenvalue weighted by Crippen LogP contribution is 2.36. The van der Waals surface area contributed by atoms with Crippen LogP contribution in [-0.4, -0.2) is 37.4 Å². The van der Waals surface area contributed by atoms with Crippen molar-refractivity contribution in [2.75, 3.05) is 26.4 Å². The van der Waals surface area contributed by atoms with E-state index in [4.69, 9.17) is 4.74 Å². The van der Waals surface area contributed by atoms with Crippen LogP contribution in [0.4, 0.5) is 0 Å². The van der Waals surface area contributed by atoms with Crippen LogP contribution < -0.4 is 5.32 Å². The largest absolute Gasteiger partial charge is 0.396 e. The molecule has 1 aliphatic rings. The highest BCUT2D eigenvalue weighted by atomic mass is 16.5. The van der Waals surface area contributed by atoms with Crippen molar-refractivity contribution in [2.24, 2.45) is 5.41 Å². The molecule has 0 spiro atoms. The summed E-state index contributed by atoms with van der Waals surface area (Å²) in [6, 6.07) is 0. The molecule has 1 saturated carbocycles.